The zero-order valence-corrected chi connectivity index (χ0v) is 13.9. The zero-order valence-electron chi connectivity index (χ0n) is 13.0. The molecule has 1 aromatic heterocycles. The third-order valence-corrected chi connectivity index (χ3v) is 3.32. The highest BCUT2D eigenvalue weighted by atomic mass is 35.5. The van der Waals surface area contributed by atoms with E-state index in [1.165, 1.54) is 7.11 Å². The van der Waals surface area contributed by atoms with E-state index in [9.17, 15) is 9.59 Å². The van der Waals surface area contributed by atoms with E-state index in [4.69, 9.17) is 10.5 Å². The van der Waals surface area contributed by atoms with E-state index in [1.54, 1.807) is 13.1 Å². The first-order chi connectivity index (χ1) is 10.5. The molecule has 1 atom stereocenters. The van der Waals surface area contributed by atoms with Gasteiger partial charge in [0.25, 0.3) is 0 Å². The standard InChI is InChI=1S/C15H20N4O3.ClH/c1-17-14(20)8-19-6-5-10-3-4-11(7-13(10)19)18-15(21)12(16)9-22-2;/h3-7,12H,8-9,16H2,1-2H3,(H,17,20)(H,18,21);1H. The van der Waals surface area contributed by atoms with E-state index >= 15 is 0 Å². The normalized spacial score (nSPS) is 11.6. The molecule has 7 nitrogen and oxygen atoms in total. The Balaban J connectivity index is 0.00000264. The maximum absolute atomic E-state index is 11.9. The Morgan fingerprint density at radius 1 is 1.35 bits per heavy atom. The summed E-state index contributed by atoms with van der Waals surface area (Å²) in [4.78, 5) is 23.4. The summed E-state index contributed by atoms with van der Waals surface area (Å²) in [6.45, 7) is 0.377. The maximum Gasteiger partial charge on any atom is 0.243 e. The average molecular weight is 341 g/mol. The average Bonchev–Trinajstić information content (AvgIpc) is 2.89. The summed E-state index contributed by atoms with van der Waals surface area (Å²) >= 11 is 0. The van der Waals surface area contributed by atoms with E-state index in [0.29, 0.717) is 5.69 Å². The summed E-state index contributed by atoms with van der Waals surface area (Å²) in [5.41, 5.74) is 7.18. The molecule has 1 aromatic carbocycles. The van der Waals surface area contributed by atoms with Crippen LogP contribution < -0.4 is 16.4 Å². The van der Waals surface area contributed by atoms with Gasteiger partial charge >= 0.3 is 0 Å². The molecular weight excluding hydrogens is 320 g/mol. The van der Waals surface area contributed by atoms with Crippen molar-refractivity contribution in [3.05, 3.63) is 30.5 Å². The van der Waals surface area contributed by atoms with Gasteiger partial charge in [0.05, 0.1) is 12.1 Å². The number of hydrogen-bond donors (Lipinski definition) is 3. The lowest BCUT2D eigenvalue weighted by Crippen LogP contribution is -2.39. The van der Waals surface area contributed by atoms with E-state index in [2.05, 4.69) is 10.6 Å². The van der Waals surface area contributed by atoms with Gasteiger partial charge < -0.3 is 25.7 Å². The highest BCUT2D eigenvalue weighted by Crippen LogP contribution is 2.20. The van der Waals surface area contributed by atoms with Crippen LogP contribution in [0.4, 0.5) is 5.69 Å². The minimum absolute atomic E-state index is 0. The van der Waals surface area contributed by atoms with Gasteiger partial charge in [0.15, 0.2) is 0 Å². The molecule has 0 aliphatic carbocycles. The van der Waals surface area contributed by atoms with Crippen molar-refractivity contribution < 1.29 is 14.3 Å². The lowest BCUT2D eigenvalue weighted by molar-refractivity contribution is -0.121. The molecule has 2 amide bonds. The van der Waals surface area contributed by atoms with Crippen molar-refractivity contribution >= 4 is 40.8 Å². The fourth-order valence-corrected chi connectivity index (χ4v) is 2.12. The van der Waals surface area contributed by atoms with Gasteiger partial charge in [0.1, 0.15) is 12.6 Å². The number of nitrogens with one attached hydrogen (secondary N) is 2. The van der Waals surface area contributed by atoms with E-state index in [0.717, 1.165) is 10.9 Å². The molecule has 0 aliphatic heterocycles. The third kappa shape index (κ3) is 4.69. The largest absolute Gasteiger partial charge is 0.383 e. The second kappa shape index (κ2) is 8.52. The first-order valence-electron chi connectivity index (χ1n) is 6.90. The molecule has 2 rings (SSSR count). The summed E-state index contributed by atoms with van der Waals surface area (Å²) in [6, 6.07) is 6.69. The van der Waals surface area contributed by atoms with Crippen LogP contribution in [0.2, 0.25) is 0 Å². The molecule has 0 saturated heterocycles. The van der Waals surface area contributed by atoms with E-state index in [-0.39, 0.29) is 37.4 Å². The van der Waals surface area contributed by atoms with E-state index in [1.807, 2.05) is 29.0 Å². The van der Waals surface area contributed by atoms with Gasteiger partial charge in [-0.1, -0.05) is 6.07 Å². The van der Waals surface area contributed by atoms with Crippen molar-refractivity contribution in [2.75, 3.05) is 26.1 Å². The Morgan fingerprint density at radius 3 is 2.74 bits per heavy atom. The smallest absolute Gasteiger partial charge is 0.243 e. The van der Waals surface area contributed by atoms with Gasteiger partial charge in [0.2, 0.25) is 11.8 Å². The van der Waals surface area contributed by atoms with Crippen molar-refractivity contribution in [3.8, 4) is 0 Å². The molecular formula is C15H21ClN4O3. The number of rotatable bonds is 6. The lowest BCUT2D eigenvalue weighted by Gasteiger charge is -2.12. The van der Waals surface area contributed by atoms with Crippen LogP contribution in [0.3, 0.4) is 0 Å². The molecule has 8 heteroatoms. The number of likely N-dealkylation sites (N-methyl/N-ethyl adjacent to an activating group) is 1. The van der Waals surface area contributed by atoms with Crippen LogP contribution >= 0.6 is 12.4 Å². The Hall–Kier alpha value is -2.09. The highest BCUT2D eigenvalue weighted by molar-refractivity contribution is 5.97. The number of aromatic nitrogens is 1. The van der Waals surface area contributed by atoms with Crippen LogP contribution in [-0.4, -0.2) is 43.2 Å². The van der Waals surface area contributed by atoms with Gasteiger partial charge in [-0.15, -0.1) is 12.4 Å². The molecule has 0 aliphatic rings. The molecule has 2 aromatic rings. The number of nitrogens with two attached hydrogens (primary N) is 1. The molecule has 0 spiro atoms. The Labute approximate surface area is 140 Å². The SMILES string of the molecule is CNC(=O)Cn1ccc2ccc(NC(=O)C(N)COC)cc21.Cl. The fourth-order valence-electron chi connectivity index (χ4n) is 2.12. The maximum atomic E-state index is 11.9. The number of anilines is 1. The number of ether oxygens (including phenoxy) is 1. The zero-order chi connectivity index (χ0) is 16.1. The molecule has 126 valence electrons. The summed E-state index contributed by atoms with van der Waals surface area (Å²) < 4.78 is 6.68. The van der Waals surface area contributed by atoms with Gasteiger partial charge in [-0.3, -0.25) is 9.59 Å². The molecule has 4 N–H and O–H groups in total. The lowest BCUT2D eigenvalue weighted by atomic mass is 10.2. The number of amides is 2. The molecule has 23 heavy (non-hydrogen) atoms. The summed E-state index contributed by atoms with van der Waals surface area (Å²) in [5.74, 6) is -0.403. The molecule has 1 unspecified atom stereocenters. The monoisotopic (exact) mass is 340 g/mol. The van der Waals surface area contributed by atoms with Gasteiger partial charge in [-0.25, -0.2) is 0 Å². The minimum atomic E-state index is -0.724. The van der Waals surface area contributed by atoms with Crippen molar-refractivity contribution in [1.29, 1.82) is 0 Å². The summed E-state index contributed by atoms with van der Waals surface area (Å²) in [6.07, 6.45) is 1.84. The topological polar surface area (TPSA) is 98.4 Å². The number of carbonyl (C=O) groups excluding carboxylic acids is 2. The third-order valence-electron chi connectivity index (χ3n) is 3.32. The second-order valence-corrected chi connectivity index (χ2v) is 4.94. The number of halogens is 1. The molecule has 0 saturated carbocycles. The van der Waals surface area contributed by atoms with Gasteiger partial charge in [-0.2, -0.15) is 0 Å². The highest BCUT2D eigenvalue weighted by Gasteiger charge is 2.14. The number of nitrogens with zero attached hydrogens (tertiary/aromatic N) is 1. The van der Waals surface area contributed by atoms with Crippen molar-refractivity contribution in [2.45, 2.75) is 12.6 Å². The first kappa shape index (κ1) is 19.0. The van der Waals surface area contributed by atoms with Crippen molar-refractivity contribution in [1.82, 2.24) is 9.88 Å². The molecule has 0 fully saturated rings. The predicted octanol–water partition coefficient (Wildman–Crippen LogP) is 0.721. The Morgan fingerprint density at radius 2 is 2.09 bits per heavy atom. The Bertz CT molecular complexity index is 686. The van der Waals surface area contributed by atoms with Crippen molar-refractivity contribution in [3.63, 3.8) is 0 Å². The first-order valence-corrected chi connectivity index (χ1v) is 6.90. The molecule has 0 bridgehead atoms. The van der Waals surface area contributed by atoms with E-state index < -0.39 is 6.04 Å². The second-order valence-electron chi connectivity index (χ2n) is 4.94. The number of fused-ring (bicyclic) bond motifs is 1. The van der Waals surface area contributed by atoms with Crippen LogP contribution in [0, 0.1) is 0 Å². The number of methoxy groups -OCH3 is 1. The predicted molar refractivity (Wildman–Crippen MR) is 91.7 cm³/mol. The fraction of sp³-hybridized carbons (Fsp3) is 0.333. The van der Waals surface area contributed by atoms with Gasteiger partial charge in [-0.05, 0) is 23.6 Å². The minimum Gasteiger partial charge on any atom is -0.383 e. The molecule has 1 heterocycles. The number of carbonyl (C=O) groups is 2. The van der Waals surface area contributed by atoms with Gasteiger partial charge in [0, 0.05) is 26.0 Å². The van der Waals surface area contributed by atoms with Crippen LogP contribution in [-0.2, 0) is 20.9 Å². The molecule has 0 radical (unpaired) electrons. The van der Waals surface area contributed by atoms with Crippen LogP contribution in [0.15, 0.2) is 30.5 Å². The van der Waals surface area contributed by atoms with Crippen LogP contribution in [0.1, 0.15) is 0 Å². The number of benzene rings is 1. The Kier molecular flexibility index (Phi) is 7.02. The quantitative estimate of drug-likeness (QED) is 0.721. The van der Waals surface area contributed by atoms with Crippen molar-refractivity contribution in [2.24, 2.45) is 5.73 Å². The number of hydrogen-bond acceptors (Lipinski definition) is 4. The summed E-state index contributed by atoms with van der Waals surface area (Å²) in [7, 11) is 3.09. The van der Waals surface area contributed by atoms with Crippen LogP contribution in [0.5, 0.6) is 0 Å². The summed E-state index contributed by atoms with van der Waals surface area (Å²) in [5, 5.41) is 6.32. The van der Waals surface area contributed by atoms with Crippen LogP contribution in [0.25, 0.3) is 10.9 Å².